The van der Waals surface area contributed by atoms with Gasteiger partial charge in [0.15, 0.2) is 5.78 Å². The van der Waals surface area contributed by atoms with Gasteiger partial charge in [-0.05, 0) is 42.7 Å². The number of nitriles is 1. The minimum absolute atomic E-state index is 0.00796. The number of hydrogen-bond donors (Lipinski definition) is 1. The Morgan fingerprint density at radius 3 is 2.55 bits per heavy atom. The Hall–Kier alpha value is -3.37. The lowest BCUT2D eigenvalue weighted by Gasteiger charge is -2.40. The maximum atomic E-state index is 13.9. The second kappa shape index (κ2) is 8.53. The van der Waals surface area contributed by atoms with Crippen LogP contribution in [0.2, 0.25) is 5.02 Å². The summed E-state index contributed by atoms with van der Waals surface area (Å²) in [5.74, 6) is -0.0642. The van der Waals surface area contributed by atoms with Crippen LogP contribution in [-0.4, -0.2) is 53.3 Å². The maximum absolute atomic E-state index is 13.9. The molecule has 3 heterocycles. The second-order valence-corrected chi connectivity index (χ2v) is 9.10. The van der Waals surface area contributed by atoms with Gasteiger partial charge in [-0.2, -0.15) is 5.26 Å². The highest BCUT2D eigenvalue weighted by molar-refractivity contribution is 6.30. The first-order valence-electron chi connectivity index (χ1n) is 11.2. The molecule has 2 unspecified atom stereocenters. The molecule has 5 rings (SSSR count). The summed E-state index contributed by atoms with van der Waals surface area (Å²) in [4.78, 5) is 35.2. The zero-order valence-electron chi connectivity index (χ0n) is 18.1. The molecule has 1 aromatic carbocycles. The summed E-state index contributed by atoms with van der Waals surface area (Å²) in [6.07, 6.45) is 3.57. The third-order valence-electron chi connectivity index (χ3n) is 6.78. The number of carbonyl (C=O) groups is 2. The first-order chi connectivity index (χ1) is 16.0. The Kier molecular flexibility index (Phi) is 5.55. The molecule has 1 saturated heterocycles. The fourth-order valence-corrected chi connectivity index (χ4v) is 5.30. The van der Waals surface area contributed by atoms with Gasteiger partial charge in [0, 0.05) is 55.1 Å². The molecule has 1 fully saturated rings. The normalized spacial score (nSPS) is 24.8. The number of piperazine rings is 1. The van der Waals surface area contributed by atoms with Crippen LogP contribution in [-0.2, 0) is 9.59 Å². The van der Waals surface area contributed by atoms with Gasteiger partial charge in [0.1, 0.15) is 11.9 Å². The van der Waals surface area contributed by atoms with Gasteiger partial charge >= 0.3 is 0 Å². The quantitative estimate of drug-likeness (QED) is 0.755. The first kappa shape index (κ1) is 21.5. The van der Waals surface area contributed by atoms with Crippen LogP contribution in [0.15, 0.2) is 59.9 Å². The van der Waals surface area contributed by atoms with E-state index in [0.29, 0.717) is 49.6 Å². The van der Waals surface area contributed by atoms with Crippen LogP contribution >= 0.6 is 11.6 Å². The summed E-state index contributed by atoms with van der Waals surface area (Å²) in [7, 11) is 0. The number of anilines is 1. The number of rotatable bonds is 3. The fourth-order valence-electron chi connectivity index (χ4n) is 5.17. The largest absolute Gasteiger partial charge is 0.362 e. The molecule has 0 bridgehead atoms. The third-order valence-corrected chi connectivity index (χ3v) is 7.04. The predicted octanol–water partition coefficient (Wildman–Crippen LogP) is 3.04. The molecule has 33 heavy (non-hydrogen) atoms. The number of halogens is 1. The number of amides is 1. The van der Waals surface area contributed by atoms with Gasteiger partial charge in [-0.1, -0.05) is 29.8 Å². The average Bonchev–Trinajstić information content (AvgIpc) is 3.21. The second-order valence-electron chi connectivity index (χ2n) is 8.67. The molecule has 1 N–H and O–H groups in total. The number of hydrogen-bond acceptors (Lipinski definition) is 6. The lowest BCUT2D eigenvalue weighted by Crippen LogP contribution is -2.61. The van der Waals surface area contributed by atoms with Gasteiger partial charge in [0.2, 0.25) is 5.54 Å². The monoisotopic (exact) mass is 461 g/mol. The van der Waals surface area contributed by atoms with E-state index in [1.165, 1.54) is 0 Å². The van der Waals surface area contributed by atoms with E-state index in [2.05, 4.69) is 21.3 Å². The number of aromatic nitrogens is 1. The zero-order valence-corrected chi connectivity index (χ0v) is 18.9. The molecule has 1 aromatic heterocycles. The van der Waals surface area contributed by atoms with Gasteiger partial charge in [-0.15, -0.1) is 0 Å². The highest BCUT2D eigenvalue weighted by atomic mass is 35.5. The van der Waals surface area contributed by atoms with Crippen molar-refractivity contribution in [3.63, 3.8) is 0 Å². The molecule has 168 valence electrons. The number of ketones is 1. The highest BCUT2D eigenvalue weighted by Gasteiger charge is 2.57. The van der Waals surface area contributed by atoms with Crippen molar-refractivity contribution in [1.29, 1.82) is 5.26 Å². The Morgan fingerprint density at radius 2 is 1.88 bits per heavy atom. The van der Waals surface area contributed by atoms with E-state index in [-0.39, 0.29) is 11.7 Å². The van der Waals surface area contributed by atoms with E-state index in [0.717, 1.165) is 23.5 Å². The molecular formula is C25H24ClN5O2. The molecule has 3 aliphatic rings. The van der Waals surface area contributed by atoms with Crippen LogP contribution in [0.25, 0.3) is 0 Å². The first-order valence-corrected chi connectivity index (χ1v) is 11.6. The number of pyridine rings is 1. The fraction of sp³-hybridized carbons (Fsp3) is 0.360. The average molecular weight is 462 g/mol. The Balaban J connectivity index is 1.46. The van der Waals surface area contributed by atoms with Crippen LogP contribution in [0, 0.1) is 11.3 Å². The summed E-state index contributed by atoms with van der Waals surface area (Å²) >= 11 is 6.09. The van der Waals surface area contributed by atoms with Gasteiger partial charge in [0.05, 0.1) is 5.92 Å². The summed E-state index contributed by atoms with van der Waals surface area (Å²) in [5, 5.41) is 14.2. The van der Waals surface area contributed by atoms with Crippen molar-refractivity contribution in [2.45, 2.75) is 30.7 Å². The third kappa shape index (κ3) is 3.65. The predicted molar refractivity (Wildman–Crippen MR) is 125 cm³/mol. The van der Waals surface area contributed by atoms with Crippen LogP contribution in [0.1, 0.15) is 30.7 Å². The van der Waals surface area contributed by atoms with Gasteiger partial charge < -0.3 is 15.1 Å². The van der Waals surface area contributed by atoms with E-state index in [4.69, 9.17) is 11.6 Å². The maximum Gasteiger partial charge on any atom is 0.264 e. The zero-order chi connectivity index (χ0) is 23.0. The number of allylic oxidation sites excluding steroid dienone is 1. The smallest absolute Gasteiger partial charge is 0.264 e. The molecule has 0 spiro atoms. The number of benzene rings is 1. The lowest BCUT2D eigenvalue weighted by molar-refractivity contribution is -0.136. The number of nitrogens with one attached hydrogen (secondary N) is 1. The molecule has 7 nitrogen and oxygen atoms in total. The van der Waals surface area contributed by atoms with E-state index >= 15 is 0 Å². The Bertz CT molecular complexity index is 1150. The summed E-state index contributed by atoms with van der Waals surface area (Å²) in [5.41, 5.74) is 0.499. The summed E-state index contributed by atoms with van der Waals surface area (Å²) in [6.45, 7) is 2.21. The summed E-state index contributed by atoms with van der Waals surface area (Å²) in [6, 6.07) is 15.2. The Morgan fingerprint density at radius 1 is 1.12 bits per heavy atom. The van der Waals surface area contributed by atoms with Crippen molar-refractivity contribution in [2.24, 2.45) is 0 Å². The van der Waals surface area contributed by atoms with E-state index in [9.17, 15) is 14.9 Å². The van der Waals surface area contributed by atoms with Crippen molar-refractivity contribution in [2.75, 3.05) is 31.1 Å². The molecule has 2 atom stereocenters. The minimum atomic E-state index is -1.55. The standard InChI is InChI=1S/C25H24ClN5O2/c26-18-9-7-17(8-10-18)23-22-19(4-3-5-20(22)32)29-25(23,16-27)24(33)31-14-12-30(13-15-31)21-6-1-2-11-28-21/h1-2,6-11,23,29H,3-5,12-15H2. The molecule has 2 aliphatic heterocycles. The van der Waals surface area contributed by atoms with E-state index in [1.807, 2.05) is 30.3 Å². The van der Waals surface area contributed by atoms with Crippen molar-refractivity contribution in [3.8, 4) is 6.07 Å². The van der Waals surface area contributed by atoms with Crippen LogP contribution in [0.3, 0.4) is 0 Å². The van der Waals surface area contributed by atoms with Gasteiger partial charge in [-0.25, -0.2) is 4.98 Å². The molecule has 2 aromatic rings. The molecule has 0 saturated carbocycles. The van der Waals surface area contributed by atoms with E-state index in [1.54, 1.807) is 23.2 Å². The molecule has 1 aliphatic carbocycles. The number of Topliss-reactive ketones (excluding diaryl/α,β-unsaturated/α-hetero) is 1. The van der Waals surface area contributed by atoms with Crippen molar-refractivity contribution >= 4 is 29.1 Å². The summed E-state index contributed by atoms with van der Waals surface area (Å²) < 4.78 is 0. The minimum Gasteiger partial charge on any atom is -0.362 e. The molecular weight excluding hydrogens is 438 g/mol. The SMILES string of the molecule is N#CC1(C(=O)N2CCN(c3ccccn3)CC2)NC2=C(C(=O)CCC2)C1c1ccc(Cl)cc1. The highest BCUT2D eigenvalue weighted by Crippen LogP contribution is 2.46. The molecule has 1 amide bonds. The van der Waals surface area contributed by atoms with Crippen molar-refractivity contribution < 1.29 is 9.59 Å². The lowest BCUT2D eigenvalue weighted by atomic mass is 9.74. The van der Waals surface area contributed by atoms with Gasteiger partial charge in [0.25, 0.3) is 5.91 Å². The number of carbonyl (C=O) groups excluding carboxylic acids is 2. The van der Waals surface area contributed by atoms with Crippen LogP contribution < -0.4 is 10.2 Å². The van der Waals surface area contributed by atoms with Gasteiger partial charge in [-0.3, -0.25) is 9.59 Å². The van der Waals surface area contributed by atoms with Crippen molar-refractivity contribution in [3.05, 3.63) is 70.5 Å². The van der Waals surface area contributed by atoms with Crippen LogP contribution in [0.4, 0.5) is 5.82 Å². The Labute approximate surface area is 197 Å². The van der Waals surface area contributed by atoms with E-state index < -0.39 is 11.5 Å². The van der Waals surface area contributed by atoms with Crippen molar-refractivity contribution in [1.82, 2.24) is 15.2 Å². The number of nitrogens with zero attached hydrogens (tertiary/aromatic N) is 4. The molecule has 0 radical (unpaired) electrons. The topological polar surface area (TPSA) is 89.3 Å². The van der Waals surface area contributed by atoms with Crippen LogP contribution in [0.5, 0.6) is 0 Å². The molecule has 8 heteroatoms.